The Morgan fingerprint density at radius 3 is 2.54 bits per heavy atom. The lowest BCUT2D eigenvalue weighted by molar-refractivity contribution is -0.711. The highest BCUT2D eigenvalue weighted by Gasteiger charge is 2.64. The van der Waals surface area contributed by atoms with Crippen molar-refractivity contribution in [1.82, 2.24) is 10.2 Å². The topological polar surface area (TPSA) is 165 Å². The number of carbonyl (C=O) groups is 3. The summed E-state index contributed by atoms with van der Waals surface area (Å²) >= 11 is 1.31. The van der Waals surface area contributed by atoms with Crippen molar-refractivity contribution in [3.63, 3.8) is 0 Å². The number of nitrogens with one attached hydrogen (secondary N) is 1. The van der Waals surface area contributed by atoms with Crippen LogP contribution in [-0.4, -0.2) is 55.1 Å². The summed E-state index contributed by atoms with van der Waals surface area (Å²) in [7, 11) is 0. The Hall–Kier alpha value is -2.86. The van der Waals surface area contributed by atoms with Gasteiger partial charge in [0.25, 0.3) is 5.09 Å². The number of hydrogen-bond acceptors (Lipinski definition) is 8. The van der Waals surface area contributed by atoms with Crippen molar-refractivity contribution in [3.8, 4) is 5.75 Å². The fourth-order valence-corrected chi connectivity index (χ4v) is 4.99. The van der Waals surface area contributed by atoms with Crippen LogP contribution < -0.4 is 15.9 Å². The van der Waals surface area contributed by atoms with E-state index in [1.165, 1.54) is 40.9 Å². The largest absolute Gasteiger partial charge is 0.480 e. The maximum absolute atomic E-state index is 12.4. The van der Waals surface area contributed by atoms with E-state index in [2.05, 4.69) is 10.2 Å². The molecular formula is C16H18N4O7S. The van der Waals surface area contributed by atoms with Crippen molar-refractivity contribution in [3.05, 3.63) is 39.9 Å². The van der Waals surface area contributed by atoms with Gasteiger partial charge in [0.05, 0.1) is 0 Å². The van der Waals surface area contributed by atoms with Gasteiger partial charge in [-0.2, -0.15) is 0 Å². The SMILES string of the molecule is CC1(C)S[C@@H]2[C@H](NC(=O)C(N)c3ccc(O[N+](=O)[O-])cc3)C(=O)N2[C@H]1C(=O)O. The molecule has 2 fully saturated rings. The van der Waals surface area contributed by atoms with Crippen LogP contribution in [0.4, 0.5) is 0 Å². The van der Waals surface area contributed by atoms with Crippen LogP contribution in [0.15, 0.2) is 24.3 Å². The summed E-state index contributed by atoms with van der Waals surface area (Å²) in [4.78, 5) is 52.2. The molecule has 150 valence electrons. The maximum atomic E-state index is 12.4. The van der Waals surface area contributed by atoms with Crippen LogP contribution in [0.5, 0.6) is 5.75 Å². The van der Waals surface area contributed by atoms with E-state index in [1.54, 1.807) is 13.8 Å². The first-order chi connectivity index (χ1) is 13.0. The van der Waals surface area contributed by atoms with Gasteiger partial charge in [-0.1, -0.05) is 12.1 Å². The van der Waals surface area contributed by atoms with Crippen LogP contribution in [0.25, 0.3) is 0 Å². The molecule has 2 heterocycles. The van der Waals surface area contributed by atoms with Crippen LogP contribution >= 0.6 is 11.8 Å². The second-order valence-electron chi connectivity index (χ2n) is 6.95. The normalized spacial score (nSPS) is 26.0. The van der Waals surface area contributed by atoms with E-state index in [-0.39, 0.29) is 5.75 Å². The molecule has 1 aromatic rings. The Bertz CT molecular complexity index is 844. The van der Waals surface area contributed by atoms with Crippen molar-refractivity contribution in [2.75, 3.05) is 0 Å². The predicted octanol–water partition coefficient (Wildman–Crippen LogP) is -0.111. The molecule has 12 heteroatoms. The summed E-state index contributed by atoms with van der Waals surface area (Å²) in [6.07, 6.45) is 0. The van der Waals surface area contributed by atoms with Gasteiger partial charge in [-0.25, -0.2) is 4.79 Å². The fraction of sp³-hybridized carbons (Fsp3) is 0.438. The number of carboxylic acid groups (broad SMARTS) is 1. The Morgan fingerprint density at radius 1 is 1.39 bits per heavy atom. The van der Waals surface area contributed by atoms with Crippen molar-refractivity contribution in [2.45, 2.75) is 42.1 Å². The van der Waals surface area contributed by atoms with Crippen molar-refractivity contribution in [1.29, 1.82) is 0 Å². The molecule has 4 N–H and O–H groups in total. The standard InChI is InChI=1S/C16H18N4O7S/c1-16(2)11(15(23)24)19-13(22)10(14(19)28-16)18-12(21)9(17)7-3-5-8(6-4-7)27-20(25)26/h3-6,9-11,14H,17H2,1-2H3,(H,18,21)(H,23,24)/t9?,10-,11+,14-/m1/s1. The number of nitrogens with two attached hydrogens (primary N) is 1. The molecule has 28 heavy (non-hydrogen) atoms. The molecule has 0 spiro atoms. The summed E-state index contributed by atoms with van der Waals surface area (Å²) in [5, 5.41) is 20.9. The quantitative estimate of drug-likeness (QED) is 0.329. The molecule has 11 nitrogen and oxygen atoms in total. The number of β-lactam (4-membered cyclic amide) rings is 1. The lowest BCUT2D eigenvalue weighted by Gasteiger charge is -2.43. The molecule has 0 radical (unpaired) electrons. The van der Waals surface area contributed by atoms with Gasteiger partial charge in [-0.15, -0.1) is 21.9 Å². The molecule has 0 aromatic heterocycles. The zero-order valence-corrected chi connectivity index (χ0v) is 15.7. The first-order valence-corrected chi connectivity index (χ1v) is 9.12. The van der Waals surface area contributed by atoms with Gasteiger partial charge in [0.15, 0.2) is 0 Å². The zero-order chi connectivity index (χ0) is 20.8. The Kier molecular flexibility index (Phi) is 4.93. The number of fused-ring (bicyclic) bond motifs is 1. The number of carbonyl (C=O) groups excluding carboxylic acids is 2. The number of hydrogen-bond donors (Lipinski definition) is 3. The summed E-state index contributed by atoms with van der Waals surface area (Å²) in [5.41, 5.74) is 6.29. The molecule has 0 saturated carbocycles. The van der Waals surface area contributed by atoms with Gasteiger partial charge in [0.1, 0.15) is 29.2 Å². The zero-order valence-electron chi connectivity index (χ0n) is 14.9. The van der Waals surface area contributed by atoms with Crippen LogP contribution in [0, 0.1) is 10.1 Å². The third kappa shape index (κ3) is 3.36. The smallest absolute Gasteiger partial charge is 0.327 e. The van der Waals surface area contributed by atoms with Gasteiger partial charge < -0.3 is 21.1 Å². The molecule has 4 atom stereocenters. The van der Waals surface area contributed by atoms with Crippen LogP contribution in [-0.2, 0) is 14.4 Å². The highest BCUT2D eigenvalue weighted by Crippen LogP contribution is 2.50. The van der Waals surface area contributed by atoms with Crippen molar-refractivity contribution in [2.24, 2.45) is 5.73 Å². The number of thioether (sulfide) groups is 1. The summed E-state index contributed by atoms with van der Waals surface area (Å²) in [5.74, 6) is -2.19. The van der Waals surface area contributed by atoms with Crippen molar-refractivity contribution >= 4 is 29.5 Å². The van der Waals surface area contributed by atoms with E-state index in [4.69, 9.17) is 5.73 Å². The van der Waals surface area contributed by atoms with E-state index >= 15 is 0 Å². The second-order valence-corrected chi connectivity index (χ2v) is 8.72. The summed E-state index contributed by atoms with van der Waals surface area (Å²) < 4.78 is -0.694. The van der Waals surface area contributed by atoms with Crippen LogP contribution in [0.2, 0.25) is 0 Å². The molecule has 2 saturated heterocycles. The minimum Gasteiger partial charge on any atom is -0.480 e. The second kappa shape index (κ2) is 6.95. The third-order valence-electron chi connectivity index (χ3n) is 4.67. The predicted molar refractivity (Wildman–Crippen MR) is 96.7 cm³/mol. The third-order valence-corrected chi connectivity index (χ3v) is 6.25. The highest BCUT2D eigenvalue weighted by atomic mass is 32.2. The minimum absolute atomic E-state index is 0.0181. The fourth-order valence-electron chi connectivity index (χ4n) is 3.36. The number of carboxylic acids is 1. The van der Waals surface area contributed by atoms with Gasteiger partial charge in [-0.05, 0) is 31.5 Å². The van der Waals surface area contributed by atoms with Gasteiger partial charge in [0.2, 0.25) is 11.8 Å². The lowest BCUT2D eigenvalue weighted by Crippen LogP contribution is -2.71. The molecule has 2 aliphatic rings. The first-order valence-electron chi connectivity index (χ1n) is 8.24. The van der Waals surface area contributed by atoms with E-state index < -0.39 is 51.1 Å². The maximum Gasteiger partial charge on any atom is 0.327 e. The van der Waals surface area contributed by atoms with Gasteiger partial charge >= 0.3 is 5.97 Å². The number of nitrogens with zero attached hydrogens (tertiary/aromatic N) is 2. The number of benzene rings is 1. The lowest BCUT2D eigenvalue weighted by atomic mass is 9.95. The Balaban J connectivity index is 1.66. The van der Waals surface area contributed by atoms with Gasteiger partial charge in [0, 0.05) is 4.75 Å². The number of amides is 2. The molecule has 2 amide bonds. The molecule has 1 aromatic carbocycles. The Labute approximate surface area is 163 Å². The van der Waals surface area contributed by atoms with E-state index in [9.17, 15) is 29.6 Å². The van der Waals surface area contributed by atoms with E-state index in [0.29, 0.717) is 5.56 Å². The number of aliphatic carboxylic acids is 1. The molecule has 3 rings (SSSR count). The molecule has 0 aliphatic carbocycles. The monoisotopic (exact) mass is 410 g/mol. The molecule has 1 unspecified atom stereocenters. The van der Waals surface area contributed by atoms with Gasteiger partial charge in [-0.3, -0.25) is 14.4 Å². The van der Waals surface area contributed by atoms with E-state index in [0.717, 1.165) is 0 Å². The molecule has 0 bridgehead atoms. The number of rotatable bonds is 6. The summed E-state index contributed by atoms with van der Waals surface area (Å²) in [6.45, 7) is 3.47. The molecular weight excluding hydrogens is 392 g/mol. The van der Waals surface area contributed by atoms with Crippen LogP contribution in [0.1, 0.15) is 25.5 Å². The van der Waals surface area contributed by atoms with E-state index in [1.807, 2.05) is 0 Å². The van der Waals surface area contributed by atoms with Crippen LogP contribution in [0.3, 0.4) is 0 Å². The van der Waals surface area contributed by atoms with Crippen molar-refractivity contribution < 1.29 is 29.4 Å². The molecule has 2 aliphatic heterocycles. The minimum atomic E-state index is -1.11. The summed E-state index contributed by atoms with van der Waals surface area (Å²) in [6, 6.07) is 2.48. The average molecular weight is 410 g/mol. The average Bonchev–Trinajstić information content (AvgIpc) is 2.87. The first kappa shape index (κ1) is 19.9. The Morgan fingerprint density at radius 2 is 2.00 bits per heavy atom. The highest BCUT2D eigenvalue weighted by molar-refractivity contribution is 8.01.